The Balaban J connectivity index is 1.94. The molecule has 0 aromatic carbocycles. The van der Waals surface area contributed by atoms with Crippen molar-refractivity contribution in [3.8, 4) is 0 Å². The zero-order valence-electron chi connectivity index (χ0n) is 8.34. The molecular formula is C11H21N. The minimum Gasteiger partial charge on any atom is -0.314 e. The Kier molecular flexibility index (Phi) is 2.40. The highest BCUT2D eigenvalue weighted by molar-refractivity contribution is 4.91. The highest BCUT2D eigenvalue weighted by Gasteiger charge is 2.36. The van der Waals surface area contributed by atoms with Crippen LogP contribution in [0.5, 0.6) is 0 Å². The van der Waals surface area contributed by atoms with E-state index >= 15 is 0 Å². The van der Waals surface area contributed by atoms with Crippen LogP contribution in [0, 0.1) is 17.8 Å². The predicted octanol–water partition coefficient (Wildman–Crippen LogP) is 2.42. The van der Waals surface area contributed by atoms with Crippen molar-refractivity contribution in [1.82, 2.24) is 5.32 Å². The van der Waals surface area contributed by atoms with Gasteiger partial charge in [-0.1, -0.05) is 13.8 Å². The fraction of sp³-hybridized carbons (Fsp3) is 1.00. The molecule has 3 unspecified atom stereocenters. The Hall–Kier alpha value is -0.0400. The Morgan fingerprint density at radius 3 is 2.75 bits per heavy atom. The maximum Gasteiger partial charge on any atom is 0.00981 e. The molecule has 1 aliphatic heterocycles. The summed E-state index contributed by atoms with van der Waals surface area (Å²) in [6.07, 6.45) is 5.84. The van der Waals surface area contributed by atoms with E-state index in [0.717, 1.165) is 23.8 Å². The number of hydrogen-bond donors (Lipinski definition) is 1. The third-order valence-electron chi connectivity index (χ3n) is 3.83. The summed E-state index contributed by atoms with van der Waals surface area (Å²) in [6, 6.07) is 0.881. The molecular weight excluding hydrogens is 146 g/mol. The molecule has 70 valence electrons. The molecule has 0 spiro atoms. The summed E-state index contributed by atoms with van der Waals surface area (Å²) in [6.45, 7) is 6.02. The Morgan fingerprint density at radius 1 is 1.25 bits per heavy atom. The fourth-order valence-corrected chi connectivity index (χ4v) is 2.93. The normalized spacial score (nSPS) is 41.8. The number of rotatable bonds is 1. The van der Waals surface area contributed by atoms with E-state index in [1.54, 1.807) is 0 Å². The summed E-state index contributed by atoms with van der Waals surface area (Å²) < 4.78 is 0. The minimum absolute atomic E-state index is 0.881. The zero-order chi connectivity index (χ0) is 8.55. The van der Waals surface area contributed by atoms with Crippen LogP contribution in [0.3, 0.4) is 0 Å². The molecule has 0 bridgehead atoms. The van der Waals surface area contributed by atoms with E-state index in [-0.39, 0.29) is 0 Å². The van der Waals surface area contributed by atoms with E-state index in [4.69, 9.17) is 0 Å². The lowest BCUT2D eigenvalue weighted by atomic mass is 9.91. The van der Waals surface area contributed by atoms with Crippen LogP contribution in [0.4, 0.5) is 0 Å². The van der Waals surface area contributed by atoms with Crippen LogP contribution in [0.1, 0.15) is 39.5 Å². The second-order valence-corrected chi connectivity index (χ2v) is 4.94. The molecule has 0 radical (unpaired) electrons. The van der Waals surface area contributed by atoms with Crippen molar-refractivity contribution in [2.24, 2.45) is 17.8 Å². The van der Waals surface area contributed by atoms with Crippen LogP contribution in [0.15, 0.2) is 0 Å². The smallest absolute Gasteiger partial charge is 0.00981 e. The number of piperidine rings is 1. The second-order valence-electron chi connectivity index (χ2n) is 4.94. The molecule has 1 saturated heterocycles. The van der Waals surface area contributed by atoms with E-state index in [0.29, 0.717) is 0 Å². The summed E-state index contributed by atoms with van der Waals surface area (Å²) in [5, 5.41) is 3.67. The summed E-state index contributed by atoms with van der Waals surface area (Å²) in [5.41, 5.74) is 0. The summed E-state index contributed by atoms with van der Waals surface area (Å²) in [4.78, 5) is 0. The van der Waals surface area contributed by atoms with Crippen LogP contribution < -0.4 is 5.32 Å². The first-order valence-corrected chi connectivity index (χ1v) is 5.50. The third kappa shape index (κ3) is 1.52. The first-order valence-electron chi connectivity index (χ1n) is 5.50. The summed E-state index contributed by atoms with van der Waals surface area (Å²) in [5.74, 6) is 2.93. The Bertz CT molecular complexity index is 139. The monoisotopic (exact) mass is 167 g/mol. The van der Waals surface area contributed by atoms with E-state index < -0.39 is 0 Å². The van der Waals surface area contributed by atoms with Gasteiger partial charge in [0.1, 0.15) is 0 Å². The molecule has 1 heteroatoms. The van der Waals surface area contributed by atoms with Crippen LogP contribution in [0.25, 0.3) is 0 Å². The van der Waals surface area contributed by atoms with Crippen molar-refractivity contribution in [1.29, 1.82) is 0 Å². The van der Waals surface area contributed by atoms with E-state index in [1.165, 1.54) is 32.2 Å². The van der Waals surface area contributed by atoms with Gasteiger partial charge >= 0.3 is 0 Å². The molecule has 2 aliphatic rings. The van der Waals surface area contributed by atoms with Crippen molar-refractivity contribution >= 4 is 0 Å². The van der Waals surface area contributed by atoms with Crippen LogP contribution in [0.2, 0.25) is 0 Å². The first kappa shape index (κ1) is 8.55. The Morgan fingerprint density at radius 2 is 2.08 bits per heavy atom. The van der Waals surface area contributed by atoms with Crippen molar-refractivity contribution in [3.63, 3.8) is 0 Å². The van der Waals surface area contributed by atoms with Crippen LogP contribution in [-0.2, 0) is 0 Å². The summed E-state index contributed by atoms with van der Waals surface area (Å²) in [7, 11) is 0. The number of fused-ring (bicyclic) bond motifs is 1. The molecule has 0 aromatic heterocycles. The summed E-state index contributed by atoms with van der Waals surface area (Å²) >= 11 is 0. The predicted molar refractivity (Wildman–Crippen MR) is 52.1 cm³/mol. The van der Waals surface area contributed by atoms with Crippen molar-refractivity contribution in [3.05, 3.63) is 0 Å². The molecule has 1 N–H and O–H groups in total. The maximum atomic E-state index is 3.67. The van der Waals surface area contributed by atoms with Crippen molar-refractivity contribution in [2.75, 3.05) is 6.54 Å². The van der Waals surface area contributed by atoms with E-state index in [1.807, 2.05) is 0 Å². The van der Waals surface area contributed by atoms with Gasteiger partial charge in [0, 0.05) is 6.04 Å². The largest absolute Gasteiger partial charge is 0.314 e. The van der Waals surface area contributed by atoms with Crippen molar-refractivity contribution in [2.45, 2.75) is 45.6 Å². The highest BCUT2D eigenvalue weighted by atomic mass is 14.9. The van der Waals surface area contributed by atoms with Gasteiger partial charge in [-0.25, -0.2) is 0 Å². The molecule has 1 heterocycles. The molecule has 1 nitrogen and oxygen atoms in total. The van der Waals surface area contributed by atoms with Crippen molar-refractivity contribution < 1.29 is 0 Å². The van der Waals surface area contributed by atoms with Gasteiger partial charge in [0.15, 0.2) is 0 Å². The second kappa shape index (κ2) is 3.37. The topological polar surface area (TPSA) is 12.0 Å². The van der Waals surface area contributed by atoms with Gasteiger partial charge in [-0.15, -0.1) is 0 Å². The average Bonchev–Trinajstić information content (AvgIpc) is 2.46. The molecule has 0 aromatic rings. The van der Waals surface area contributed by atoms with Gasteiger partial charge in [-0.2, -0.15) is 0 Å². The van der Waals surface area contributed by atoms with Gasteiger partial charge in [-0.3, -0.25) is 0 Å². The molecule has 1 aliphatic carbocycles. The van der Waals surface area contributed by atoms with Gasteiger partial charge < -0.3 is 5.32 Å². The maximum absolute atomic E-state index is 3.67. The molecule has 2 rings (SSSR count). The van der Waals surface area contributed by atoms with Crippen LogP contribution in [-0.4, -0.2) is 12.6 Å². The molecule has 0 amide bonds. The average molecular weight is 167 g/mol. The van der Waals surface area contributed by atoms with Gasteiger partial charge in [0.25, 0.3) is 0 Å². The standard InChI is InChI=1S/C11H21N/c1-8(2)10-6-9-4-3-5-12-11(9)7-10/h8-12H,3-7H2,1-2H3. The fourth-order valence-electron chi connectivity index (χ4n) is 2.93. The SMILES string of the molecule is CC(C)C1CC2CCCNC2C1. The molecule has 3 atom stereocenters. The minimum atomic E-state index is 0.881. The lowest BCUT2D eigenvalue weighted by molar-refractivity contribution is 0.317. The first-order chi connectivity index (χ1) is 5.77. The van der Waals surface area contributed by atoms with E-state index in [2.05, 4.69) is 19.2 Å². The zero-order valence-corrected chi connectivity index (χ0v) is 8.34. The number of hydrogen-bond acceptors (Lipinski definition) is 1. The molecule has 12 heavy (non-hydrogen) atoms. The lowest BCUT2D eigenvalue weighted by Crippen LogP contribution is -2.37. The quantitative estimate of drug-likeness (QED) is 0.632. The molecule has 1 saturated carbocycles. The highest BCUT2D eigenvalue weighted by Crippen LogP contribution is 2.39. The molecule has 2 fully saturated rings. The van der Waals surface area contributed by atoms with Gasteiger partial charge in [0.2, 0.25) is 0 Å². The Labute approximate surface area is 75.9 Å². The van der Waals surface area contributed by atoms with Gasteiger partial charge in [0.05, 0.1) is 0 Å². The third-order valence-corrected chi connectivity index (χ3v) is 3.83. The van der Waals surface area contributed by atoms with Crippen LogP contribution >= 0.6 is 0 Å². The lowest BCUT2D eigenvalue weighted by Gasteiger charge is -2.26. The van der Waals surface area contributed by atoms with Gasteiger partial charge in [-0.05, 0) is 50.0 Å². The van der Waals surface area contributed by atoms with E-state index in [9.17, 15) is 0 Å². The number of nitrogens with one attached hydrogen (secondary N) is 1.